The minimum Gasteiger partial charge on any atom is -0.490 e. The Labute approximate surface area is 166 Å². The fourth-order valence-electron chi connectivity index (χ4n) is 3.31. The molecule has 5 nitrogen and oxygen atoms in total. The van der Waals surface area contributed by atoms with Crippen molar-refractivity contribution in [2.45, 2.75) is 58.7 Å². The highest BCUT2D eigenvalue weighted by Crippen LogP contribution is 2.28. The summed E-state index contributed by atoms with van der Waals surface area (Å²) in [6, 6.07) is 9.24. The van der Waals surface area contributed by atoms with E-state index in [4.69, 9.17) is 4.74 Å². The molecular formula is C22H29FN4O. The van der Waals surface area contributed by atoms with Crippen LogP contribution in [0, 0.1) is 12.7 Å². The van der Waals surface area contributed by atoms with Crippen molar-refractivity contribution in [3.8, 4) is 5.75 Å². The normalized spacial score (nSPS) is 14.9. The second-order valence-corrected chi connectivity index (χ2v) is 7.12. The van der Waals surface area contributed by atoms with Gasteiger partial charge in [0.05, 0.1) is 24.9 Å². The van der Waals surface area contributed by atoms with Crippen molar-refractivity contribution >= 4 is 5.96 Å². The Morgan fingerprint density at radius 2 is 2.07 bits per heavy atom. The smallest absolute Gasteiger partial charge is 0.191 e. The Balaban J connectivity index is 1.69. The minimum absolute atomic E-state index is 0.276. The van der Waals surface area contributed by atoms with Gasteiger partial charge in [0, 0.05) is 18.3 Å². The summed E-state index contributed by atoms with van der Waals surface area (Å²) in [4.78, 5) is 8.73. The monoisotopic (exact) mass is 384 g/mol. The van der Waals surface area contributed by atoms with Crippen LogP contribution in [0.25, 0.3) is 0 Å². The molecule has 1 aromatic heterocycles. The van der Waals surface area contributed by atoms with Gasteiger partial charge in [-0.2, -0.15) is 0 Å². The van der Waals surface area contributed by atoms with Crippen LogP contribution in [-0.2, 0) is 13.1 Å². The molecule has 0 unspecified atom stereocenters. The molecular weight excluding hydrogens is 355 g/mol. The Morgan fingerprint density at radius 1 is 1.25 bits per heavy atom. The van der Waals surface area contributed by atoms with E-state index in [-0.39, 0.29) is 12.4 Å². The molecule has 0 spiro atoms. The highest BCUT2D eigenvalue weighted by atomic mass is 19.1. The number of aliphatic imine (C=N–C) groups is 1. The number of nitrogens with zero attached hydrogens (tertiary/aromatic N) is 2. The number of benzene rings is 1. The van der Waals surface area contributed by atoms with E-state index in [1.165, 1.54) is 24.5 Å². The van der Waals surface area contributed by atoms with E-state index in [0.29, 0.717) is 24.3 Å². The lowest BCUT2D eigenvalue weighted by Crippen LogP contribution is -2.37. The van der Waals surface area contributed by atoms with Gasteiger partial charge in [0.15, 0.2) is 5.96 Å². The second-order valence-electron chi connectivity index (χ2n) is 7.12. The van der Waals surface area contributed by atoms with E-state index >= 15 is 0 Å². The van der Waals surface area contributed by atoms with Gasteiger partial charge in [0.1, 0.15) is 11.6 Å². The van der Waals surface area contributed by atoms with Gasteiger partial charge in [-0.1, -0.05) is 12.1 Å². The van der Waals surface area contributed by atoms with Crippen LogP contribution in [0.4, 0.5) is 4.39 Å². The maximum atomic E-state index is 13.8. The third-order valence-corrected chi connectivity index (χ3v) is 4.83. The predicted octanol–water partition coefficient (Wildman–Crippen LogP) is 4.11. The van der Waals surface area contributed by atoms with Crippen molar-refractivity contribution in [3.05, 3.63) is 59.2 Å². The van der Waals surface area contributed by atoms with Crippen LogP contribution in [0.5, 0.6) is 5.75 Å². The summed E-state index contributed by atoms with van der Waals surface area (Å²) in [5.41, 5.74) is 2.60. The van der Waals surface area contributed by atoms with Gasteiger partial charge in [0.2, 0.25) is 0 Å². The highest BCUT2D eigenvalue weighted by Gasteiger charge is 2.18. The van der Waals surface area contributed by atoms with E-state index in [1.807, 2.05) is 6.92 Å². The summed E-state index contributed by atoms with van der Waals surface area (Å²) in [6.07, 6.45) is 6.62. The number of aromatic nitrogens is 1. The molecule has 1 aliphatic carbocycles. The summed E-state index contributed by atoms with van der Waals surface area (Å²) < 4.78 is 20.0. The van der Waals surface area contributed by atoms with E-state index in [0.717, 1.165) is 30.7 Å². The lowest BCUT2D eigenvalue weighted by Gasteiger charge is -2.17. The lowest BCUT2D eigenvalue weighted by molar-refractivity contribution is 0.208. The van der Waals surface area contributed by atoms with Crippen molar-refractivity contribution in [2.75, 3.05) is 6.54 Å². The quantitative estimate of drug-likeness (QED) is 0.557. The summed E-state index contributed by atoms with van der Waals surface area (Å²) in [7, 11) is 0. The van der Waals surface area contributed by atoms with Crippen molar-refractivity contribution in [3.63, 3.8) is 0 Å². The molecule has 0 bridgehead atoms. The molecule has 0 saturated heterocycles. The maximum absolute atomic E-state index is 13.8. The molecule has 0 atom stereocenters. The number of pyridine rings is 1. The maximum Gasteiger partial charge on any atom is 0.191 e. The van der Waals surface area contributed by atoms with Crippen LogP contribution in [0.2, 0.25) is 0 Å². The van der Waals surface area contributed by atoms with Crippen LogP contribution < -0.4 is 15.4 Å². The Morgan fingerprint density at radius 3 is 2.82 bits per heavy atom. The van der Waals surface area contributed by atoms with Crippen LogP contribution in [-0.4, -0.2) is 23.6 Å². The molecule has 1 aliphatic rings. The number of aryl methyl sites for hydroxylation is 1. The molecule has 1 fully saturated rings. The van der Waals surface area contributed by atoms with E-state index in [2.05, 4.69) is 45.7 Å². The molecule has 2 aromatic rings. The zero-order chi connectivity index (χ0) is 19.8. The third kappa shape index (κ3) is 5.68. The molecule has 0 aliphatic heterocycles. The van der Waals surface area contributed by atoms with E-state index in [1.54, 1.807) is 12.3 Å². The van der Waals surface area contributed by atoms with Crippen molar-refractivity contribution < 1.29 is 9.13 Å². The number of hydrogen-bond donors (Lipinski definition) is 2. The molecule has 150 valence electrons. The molecule has 1 saturated carbocycles. The Kier molecular flexibility index (Phi) is 7.23. The van der Waals surface area contributed by atoms with Gasteiger partial charge < -0.3 is 15.4 Å². The van der Waals surface area contributed by atoms with Gasteiger partial charge in [-0.15, -0.1) is 0 Å². The fourth-order valence-corrected chi connectivity index (χ4v) is 3.31. The van der Waals surface area contributed by atoms with Crippen LogP contribution in [0.3, 0.4) is 0 Å². The van der Waals surface area contributed by atoms with Crippen LogP contribution in [0.15, 0.2) is 41.5 Å². The molecule has 3 rings (SSSR count). The first kappa shape index (κ1) is 20.1. The summed E-state index contributed by atoms with van der Waals surface area (Å²) in [5, 5.41) is 6.34. The SMILES string of the molecule is CCNC(=NCc1ccc(C)cc1OC1CCCC1)NCc1ncccc1F. The zero-order valence-corrected chi connectivity index (χ0v) is 16.7. The number of ether oxygens (including phenoxy) is 1. The number of rotatable bonds is 7. The molecule has 0 amide bonds. The Hall–Kier alpha value is -2.63. The minimum atomic E-state index is -0.323. The van der Waals surface area contributed by atoms with Gasteiger partial charge in [-0.05, 0) is 63.3 Å². The van der Waals surface area contributed by atoms with Crippen molar-refractivity contribution in [2.24, 2.45) is 4.99 Å². The van der Waals surface area contributed by atoms with Crippen LogP contribution >= 0.6 is 0 Å². The number of nitrogens with one attached hydrogen (secondary N) is 2. The molecule has 0 radical (unpaired) electrons. The van der Waals surface area contributed by atoms with Gasteiger partial charge >= 0.3 is 0 Å². The first-order valence-electron chi connectivity index (χ1n) is 10.0. The summed E-state index contributed by atoms with van der Waals surface area (Å²) in [5.74, 6) is 1.22. The first-order chi connectivity index (χ1) is 13.7. The molecule has 2 N–H and O–H groups in total. The molecule has 1 heterocycles. The molecule has 1 aromatic carbocycles. The van der Waals surface area contributed by atoms with Crippen molar-refractivity contribution in [1.82, 2.24) is 15.6 Å². The average Bonchev–Trinajstić information content (AvgIpc) is 3.19. The number of hydrogen-bond acceptors (Lipinski definition) is 3. The topological polar surface area (TPSA) is 58.5 Å². The van der Waals surface area contributed by atoms with Gasteiger partial charge in [-0.3, -0.25) is 4.98 Å². The second kappa shape index (κ2) is 10.1. The lowest BCUT2D eigenvalue weighted by atomic mass is 10.1. The van der Waals surface area contributed by atoms with E-state index < -0.39 is 0 Å². The molecule has 28 heavy (non-hydrogen) atoms. The number of guanidine groups is 1. The van der Waals surface area contributed by atoms with Crippen molar-refractivity contribution in [1.29, 1.82) is 0 Å². The van der Waals surface area contributed by atoms with E-state index in [9.17, 15) is 4.39 Å². The summed E-state index contributed by atoms with van der Waals surface area (Å²) in [6.45, 7) is 5.55. The van der Waals surface area contributed by atoms with Gasteiger partial charge in [0.25, 0.3) is 0 Å². The third-order valence-electron chi connectivity index (χ3n) is 4.83. The number of halogens is 1. The predicted molar refractivity (Wildman–Crippen MR) is 110 cm³/mol. The van der Waals surface area contributed by atoms with Crippen LogP contribution in [0.1, 0.15) is 49.4 Å². The standard InChI is InChI=1S/C22H29FN4O/c1-3-24-22(27-15-20-19(23)9-6-12-25-20)26-14-17-11-10-16(2)13-21(17)28-18-7-4-5-8-18/h6,9-13,18H,3-5,7-8,14-15H2,1-2H3,(H2,24,26,27). The fraction of sp³-hybridized carbons (Fsp3) is 0.455. The largest absolute Gasteiger partial charge is 0.490 e. The average molecular weight is 384 g/mol. The summed E-state index contributed by atoms with van der Waals surface area (Å²) >= 11 is 0. The first-order valence-corrected chi connectivity index (χ1v) is 10.0. The zero-order valence-electron chi connectivity index (χ0n) is 16.7. The molecule has 6 heteroatoms. The van der Waals surface area contributed by atoms with Gasteiger partial charge in [-0.25, -0.2) is 9.38 Å². The Bertz CT molecular complexity index is 803. The highest BCUT2D eigenvalue weighted by molar-refractivity contribution is 5.79.